The second kappa shape index (κ2) is 10.1. The van der Waals surface area contributed by atoms with E-state index in [1.807, 2.05) is 18.2 Å². The summed E-state index contributed by atoms with van der Waals surface area (Å²) in [6.07, 6.45) is 3.24. The Kier molecular flexibility index (Phi) is 6.77. The van der Waals surface area contributed by atoms with Crippen LogP contribution in [-0.4, -0.2) is 27.2 Å². The Labute approximate surface area is 189 Å². The molecule has 0 saturated carbocycles. The minimum atomic E-state index is -0.286. The number of aromatic nitrogens is 3. The summed E-state index contributed by atoms with van der Waals surface area (Å²) in [6, 6.07) is 20.1. The number of aryl methyl sites for hydroxylation is 1. The van der Waals surface area contributed by atoms with Crippen molar-refractivity contribution in [2.24, 2.45) is 0 Å². The average molecular weight is 449 g/mol. The van der Waals surface area contributed by atoms with Gasteiger partial charge in [0.2, 0.25) is 11.7 Å². The van der Waals surface area contributed by atoms with Gasteiger partial charge in [-0.05, 0) is 48.7 Å². The van der Waals surface area contributed by atoms with E-state index in [0.29, 0.717) is 23.0 Å². The van der Waals surface area contributed by atoms with Gasteiger partial charge in [-0.1, -0.05) is 47.1 Å². The van der Waals surface area contributed by atoms with Crippen LogP contribution in [0.1, 0.15) is 12.0 Å². The smallest absolute Gasteiger partial charge is 0.259 e. The van der Waals surface area contributed by atoms with Crippen molar-refractivity contribution in [3.8, 4) is 22.8 Å². The number of nitrogens with one attached hydrogen (secondary N) is 1. The van der Waals surface area contributed by atoms with Gasteiger partial charge in [0.15, 0.2) is 0 Å². The summed E-state index contributed by atoms with van der Waals surface area (Å²) in [7, 11) is 0. The van der Waals surface area contributed by atoms with Crippen molar-refractivity contribution in [1.29, 1.82) is 0 Å². The van der Waals surface area contributed by atoms with Crippen molar-refractivity contribution in [1.82, 2.24) is 20.0 Å². The molecule has 162 valence electrons. The van der Waals surface area contributed by atoms with Crippen molar-refractivity contribution < 1.29 is 9.32 Å². The molecule has 0 radical (unpaired) electrons. The summed E-state index contributed by atoms with van der Waals surface area (Å²) < 4.78 is 6.67. The molecule has 7 nitrogen and oxygen atoms in total. The summed E-state index contributed by atoms with van der Waals surface area (Å²) in [6.45, 7) is 0.451. The van der Waals surface area contributed by atoms with E-state index in [1.165, 1.54) is 16.2 Å². The maximum Gasteiger partial charge on any atom is 0.259 e. The highest BCUT2D eigenvalue weighted by Crippen LogP contribution is 2.22. The fourth-order valence-corrected chi connectivity index (χ4v) is 3.34. The predicted octanol–water partition coefficient (Wildman–Crippen LogP) is 3.97. The predicted molar refractivity (Wildman–Crippen MR) is 122 cm³/mol. The van der Waals surface area contributed by atoms with E-state index in [9.17, 15) is 9.59 Å². The molecule has 2 aromatic carbocycles. The maximum atomic E-state index is 12.3. The van der Waals surface area contributed by atoms with E-state index >= 15 is 0 Å². The molecule has 0 aliphatic carbocycles. The van der Waals surface area contributed by atoms with E-state index in [0.717, 1.165) is 18.4 Å². The van der Waals surface area contributed by atoms with Crippen LogP contribution in [0.25, 0.3) is 22.8 Å². The van der Waals surface area contributed by atoms with Gasteiger partial charge in [0.05, 0.1) is 5.56 Å². The van der Waals surface area contributed by atoms with Crippen LogP contribution in [0.4, 0.5) is 0 Å². The van der Waals surface area contributed by atoms with Gasteiger partial charge in [-0.25, -0.2) is 0 Å². The minimum absolute atomic E-state index is 0.0871. The first kappa shape index (κ1) is 21.5. The molecule has 0 spiro atoms. The van der Waals surface area contributed by atoms with E-state index in [2.05, 4.69) is 27.6 Å². The number of benzene rings is 2. The number of hydrogen-bond donors (Lipinski definition) is 1. The van der Waals surface area contributed by atoms with Crippen LogP contribution >= 0.6 is 11.6 Å². The lowest BCUT2D eigenvalue weighted by molar-refractivity contribution is -0.121. The third-order valence-corrected chi connectivity index (χ3v) is 5.13. The zero-order valence-corrected chi connectivity index (χ0v) is 18.0. The van der Waals surface area contributed by atoms with Crippen LogP contribution in [0.5, 0.6) is 0 Å². The molecule has 4 aromatic rings. The van der Waals surface area contributed by atoms with Crippen molar-refractivity contribution in [3.05, 3.63) is 93.9 Å². The van der Waals surface area contributed by atoms with Crippen molar-refractivity contribution in [2.75, 3.05) is 6.54 Å². The van der Waals surface area contributed by atoms with E-state index in [-0.39, 0.29) is 23.9 Å². The van der Waals surface area contributed by atoms with Crippen molar-refractivity contribution in [3.63, 3.8) is 0 Å². The molecule has 0 bridgehead atoms. The molecule has 2 heterocycles. The number of carbonyl (C=O) groups is 1. The molecule has 1 amide bonds. The van der Waals surface area contributed by atoms with Crippen LogP contribution in [0.15, 0.2) is 82.2 Å². The van der Waals surface area contributed by atoms with Gasteiger partial charge in [0.1, 0.15) is 6.54 Å². The second-order valence-electron chi connectivity index (χ2n) is 7.25. The molecule has 8 heteroatoms. The second-order valence-corrected chi connectivity index (χ2v) is 7.69. The first-order chi connectivity index (χ1) is 15.6. The highest BCUT2D eigenvalue weighted by molar-refractivity contribution is 6.30. The van der Waals surface area contributed by atoms with Crippen molar-refractivity contribution >= 4 is 17.5 Å². The number of nitrogens with zero attached hydrogens (tertiary/aromatic N) is 3. The fraction of sp³-hybridized carbons (Fsp3) is 0.167. The zero-order chi connectivity index (χ0) is 22.3. The van der Waals surface area contributed by atoms with Gasteiger partial charge in [-0.3, -0.25) is 9.59 Å². The average Bonchev–Trinajstić information content (AvgIpc) is 3.30. The Hall–Kier alpha value is -3.71. The topological polar surface area (TPSA) is 90.0 Å². The summed E-state index contributed by atoms with van der Waals surface area (Å²) >= 11 is 5.91. The van der Waals surface area contributed by atoms with E-state index in [4.69, 9.17) is 16.1 Å². The lowest BCUT2D eigenvalue weighted by Crippen LogP contribution is -2.32. The number of hydrogen-bond acceptors (Lipinski definition) is 5. The zero-order valence-electron chi connectivity index (χ0n) is 17.2. The minimum Gasteiger partial charge on any atom is -0.355 e. The van der Waals surface area contributed by atoms with E-state index < -0.39 is 0 Å². The molecule has 4 rings (SSSR count). The molecule has 0 aliphatic heterocycles. The third kappa shape index (κ3) is 5.50. The van der Waals surface area contributed by atoms with Crippen molar-refractivity contribution in [2.45, 2.75) is 19.4 Å². The number of pyridine rings is 1. The molecule has 0 unspecified atom stereocenters. The number of rotatable bonds is 8. The monoisotopic (exact) mass is 448 g/mol. The Morgan fingerprint density at radius 1 is 1.00 bits per heavy atom. The van der Waals surface area contributed by atoms with Gasteiger partial charge in [0.25, 0.3) is 11.4 Å². The molecule has 1 N–H and O–H groups in total. The Bertz CT molecular complexity index is 1250. The molecule has 0 fully saturated rings. The maximum absolute atomic E-state index is 12.3. The Morgan fingerprint density at radius 2 is 1.75 bits per heavy atom. The normalized spacial score (nSPS) is 10.8. The van der Waals surface area contributed by atoms with Gasteiger partial charge < -0.3 is 14.4 Å². The van der Waals surface area contributed by atoms with Gasteiger partial charge in [-0.2, -0.15) is 4.98 Å². The number of halogens is 1. The summed E-state index contributed by atoms with van der Waals surface area (Å²) in [4.78, 5) is 28.9. The Balaban J connectivity index is 1.38. The SMILES string of the molecule is O=C(Cn1cc(-c2nc(-c3ccc(Cl)cc3)no2)ccc1=O)NCCCc1ccccc1. The first-order valence-electron chi connectivity index (χ1n) is 10.2. The summed E-state index contributed by atoms with van der Waals surface area (Å²) in [5, 5.41) is 7.46. The lowest BCUT2D eigenvalue weighted by Gasteiger charge is -2.08. The van der Waals surface area contributed by atoms with Crippen LogP contribution in [0.2, 0.25) is 5.02 Å². The molecule has 0 saturated heterocycles. The summed E-state index contributed by atoms with van der Waals surface area (Å²) in [5.74, 6) is 0.433. The standard InChI is InChI=1S/C24H21ClN4O3/c25-20-11-8-18(9-12-20)23-27-24(32-28-23)19-10-13-22(31)29(15-19)16-21(30)26-14-4-7-17-5-2-1-3-6-17/h1-3,5-6,8-13,15H,4,7,14,16H2,(H,26,30). The van der Waals surface area contributed by atoms with Crippen LogP contribution < -0.4 is 10.9 Å². The first-order valence-corrected chi connectivity index (χ1v) is 10.6. The van der Waals surface area contributed by atoms with Crippen LogP contribution in [-0.2, 0) is 17.8 Å². The quantitative estimate of drug-likeness (QED) is 0.412. The molecule has 32 heavy (non-hydrogen) atoms. The van der Waals surface area contributed by atoms with E-state index in [1.54, 1.807) is 36.5 Å². The fourth-order valence-electron chi connectivity index (χ4n) is 3.21. The molecular weight excluding hydrogens is 428 g/mol. The number of carbonyl (C=O) groups excluding carboxylic acids is 1. The molecule has 2 aromatic heterocycles. The molecule has 0 aliphatic rings. The van der Waals surface area contributed by atoms with Gasteiger partial charge in [0, 0.05) is 29.4 Å². The largest absolute Gasteiger partial charge is 0.355 e. The van der Waals surface area contributed by atoms with Gasteiger partial charge in [-0.15, -0.1) is 0 Å². The third-order valence-electron chi connectivity index (χ3n) is 4.88. The number of amides is 1. The lowest BCUT2D eigenvalue weighted by atomic mass is 10.1. The highest BCUT2D eigenvalue weighted by Gasteiger charge is 2.13. The van der Waals surface area contributed by atoms with Crippen LogP contribution in [0, 0.1) is 0 Å². The molecular formula is C24H21ClN4O3. The van der Waals surface area contributed by atoms with Crippen LogP contribution in [0.3, 0.4) is 0 Å². The molecule has 0 atom stereocenters. The summed E-state index contributed by atoms with van der Waals surface area (Å²) in [5.41, 5.74) is 2.25. The Morgan fingerprint density at radius 3 is 2.53 bits per heavy atom. The van der Waals surface area contributed by atoms with Gasteiger partial charge >= 0.3 is 0 Å². The highest BCUT2D eigenvalue weighted by atomic mass is 35.5.